The van der Waals surface area contributed by atoms with E-state index in [1.54, 1.807) is 24.3 Å². The maximum atomic E-state index is 12.2. The van der Waals surface area contributed by atoms with Crippen LogP contribution in [0.5, 0.6) is 0 Å². The molecule has 2 aromatic carbocycles. The number of nitrogens with one attached hydrogen (secondary N) is 3. The SMILES string of the molecule is CC(=O)Nc1cccc(NC(=O)C(=O)NCC(OCCO)c2ccc(C)cc2)c1. The largest absolute Gasteiger partial charge is 0.394 e. The maximum absolute atomic E-state index is 12.2. The molecule has 4 N–H and O–H groups in total. The van der Waals surface area contributed by atoms with Gasteiger partial charge in [-0.2, -0.15) is 0 Å². The Morgan fingerprint density at radius 1 is 1.00 bits per heavy atom. The number of aliphatic hydroxyl groups is 1. The summed E-state index contributed by atoms with van der Waals surface area (Å²) in [7, 11) is 0. The summed E-state index contributed by atoms with van der Waals surface area (Å²) in [5.74, 6) is -1.90. The van der Waals surface area contributed by atoms with Gasteiger partial charge in [0.1, 0.15) is 0 Å². The summed E-state index contributed by atoms with van der Waals surface area (Å²) in [5, 5.41) is 16.6. The van der Waals surface area contributed by atoms with Gasteiger partial charge < -0.3 is 25.8 Å². The second kappa shape index (κ2) is 10.9. The van der Waals surface area contributed by atoms with Gasteiger partial charge in [0.15, 0.2) is 0 Å². The molecule has 2 rings (SSSR count). The Labute approximate surface area is 169 Å². The molecule has 0 fully saturated rings. The van der Waals surface area contributed by atoms with Crippen LogP contribution in [0.25, 0.3) is 0 Å². The zero-order valence-electron chi connectivity index (χ0n) is 16.4. The molecule has 1 unspecified atom stereocenters. The van der Waals surface area contributed by atoms with Crippen molar-refractivity contribution in [1.29, 1.82) is 0 Å². The maximum Gasteiger partial charge on any atom is 0.313 e. The number of carbonyl (C=O) groups excluding carboxylic acids is 3. The van der Waals surface area contributed by atoms with Crippen molar-refractivity contribution in [2.24, 2.45) is 0 Å². The summed E-state index contributed by atoms with van der Waals surface area (Å²) in [4.78, 5) is 35.5. The fraction of sp³-hybridized carbons (Fsp3) is 0.286. The first kappa shape index (κ1) is 22.1. The molecule has 0 aliphatic heterocycles. The van der Waals surface area contributed by atoms with Crippen molar-refractivity contribution in [3.05, 3.63) is 59.7 Å². The number of benzene rings is 2. The van der Waals surface area contributed by atoms with Crippen molar-refractivity contribution in [3.8, 4) is 0 Å². The highest BCUT2D eigenvalue weighted by atomic mass is 16.5. The monoisotopic (exact) mass is 399 g/mol. The number of hydrogen-bond donors (Lipinski definition) is 4. The molecule has 0 aromatic heterocycles. The molecule has 8 heteroatoms. The van der Waals surface area contributed by atoms with E-state index >= 15 is 0 Å². The van der Waals surface area contributed by atoms with E-state index in [0.717, 1.165) is 11.1 Å². The lowest BCUT2D eigenvalue weighted by molar-refractivity contribution is -0.136. The number of anilines is 2. The molecule has 8 nitrogen and oxygen atoms in total. The van der Waals surface area contributed by atoms with Crippen LogP contribution in [0.1, 0.15) is 24.2 Å². The first-order valence-corrected chi connectivity index (χ1v) is 9.15. The van der Waals surface area contributed by atoms with Gasteiger partial charge in [0, 0.05) is 24.8 Å². The molecular weight excluding hydrogens is 374 g/mol. The van der Waals surface area contributed by atoms with Gasteiger partial charge >= 0.3 is 11.8 Å². The Balaban J connectivity index is 1.95. The summed E-state index contributed by atoms with van der Waals surface area (Å²) in [6, 6.07) is 14.1. The van der Waals surface area contributed by atoms with E-state index in [9.17, 15) is 14.4 Å². The second-order valence-corrected chi connectivity index (χ2v) is 6.42. The fourth-order valence-electron chi connectivity index (χ4n) is 2.58. The van der Waals surface area contributed by atoms with Gasteiger partial charge in [-0.3, -0.25) is 14.4 Å². The van der Waals surface area contributed by atoms with Gasteiger partial charge in [-0.05, 0) is 30.7 Å². The van der Waals surface area contributed by atoms with Gasteiger partial charge in [0.2, 0.25) is 5.91 Å². The topological polar surface area (TPSA) is 117 Å². The second-order valence-electron chi connectivity index (χ2n) is 6.42. The Kier molecular flexibility index (Phi) is 8.32. The number of hydrogen-bond acceptors (Lipinski definition) is 5. The molecule has 1 atom stereocenters. The van der Waals surface area contributed by atoms with Gasteiger partial charge in [-0.25, -0.2) is 0 Å². The van der Waals surface area contributed by atoms with Crippen molar-refractivity contribution in [2.75, 3.05) is 30.4 Å². The highest BCUT2D eigenvalue weighted by Gasteiger charge is 2.18. The van der Waals surface area contributed by atoms with Gasteiger partial charge in [-0.1, -0.05) is 35.9 Å². The number of aliphatic hydroxyl groups excluding tert-OH is 1. The number of ether oxygens (including phenoxy) is 1. The predicted octanol–water partition coefficient (Wildman–Crippen LogP) is 1.76. The van der Waals surface area contributed by atoms with E-state index < -0.39 is 17.9 Å². The van der Waals surface area contributed by atoms with E-state index in [0.29, 0.717) is 11.4 Å². The highest BCUT2D eigenvalue weighted by molar-refractivity contribution is 6.39. The number of carbonyl (C=O) groups is 3. The molecule has 0 saturated carbocycles. The Hall–Kier alpha value is -3.23. The average Bonchev–Trinajstić information content (AvgIpc) is 2.68. The average molecular weight is 399 g/mol. The van der Waals surface area contributed by atoms with E-state index in [4.69, 9.17) is 9.84 Å². The minimum absolute atomic E-state index is 0.0707. The van der Waals surface area contributed by atoms with Crippen molar-refractivity contribution in [2.45, 2.75) is 20.0 Å². The van der Waals surface area contributed by atoms with Crippen LogP contribution in [0.2, 0.25) is 0 Å². The molecule has 3 amide bonds. The molecule has 29 heavy (non-hydrogen) atoms. The molecule has 0 spiro atoms. The summed E-state index contributed by atoms with van der Waals surface area (Å²) in [6.45, 7) is 3.36. The lowest BCUT2D eigenvalue weighted by Crippen LogP contribution is -2.38. The molecule has 0 aliphatic carbocycles. The van der Waals surface area contributed by atoms with Crippen LogP contribution in [-0.2, 0) is 19.1 Å². The molecule has 0 radical (unpaired) electrons. The lowest BCUT2D eigenvalue weighted by atomic mass is 10.1. The van der Waals surface area contributed by atoms with Crippen molar-refractivity contribution in [3.63, 3.8) is 0 Å². The first-order chi connectivity index (χ1) is 13.9. The van der Waals surface area contributed by atoms with E-state index in [1.807, 2.05) is 31.2 Å². The third-order valence-electron chi connectivity index (χ3n) is 3.95. The smallest absolute Gasteiger partial charge is 0.313 e. The third kappa shape index (κ3) is 7.36. The van der Waals surface area contributed by atoms with Crippen LogP contribution in [-0.4, -0.2) is 42.6 Å². The molecule has 0 aliphatic rings. The molecule has 2 aromatic rings. The zero-order chi connectivity index (χ0) is 21.2. The molecular formula is C21H25N3O5. The van der Waals surface area contributed by atoms with Crippen LogP contribution >= 0.6 is 0 Å². The molecule has 0 bridgehead atoms. The zero-order valence-corrected chi connectivity index (χ0v) is 16.4. The quantitative estimate of drug-likeness (QED) is 0.505. The number of rotatable bonds is 8. The Morgan fingerprint density at radius 2 is 1.66 bits per heavy atom. The summed E-state index contributed by atoms with van der Waals surface area (Å²) in [5.41, 5.74) is 2.79. The van der Waals surface area contributed by atoms with Gasteiger partial charge in [0.05, 0.1) is 19.3 Å². The highest BCUT2D eigenvalue weighted by Crippen LogP contribution is 2.18. The number of amides is 3. The van der Waals surface area contributed by atoms with Crippen molar-refractivity contribution >= 4 is 29.1 Å². The van der Waals surface area contributed by atoms with Crippen molar-refractivity contribution in [1.82, 2.24) is 5.32 Å². The molecule has 0 saturated heterocycles. The Bertz CT molecular complexity index is 852. The van der Waals surface area contributed by atoms with E-state index in [1.165, 1.54) is 6.92 Å². The lowest BCUT2D eigenvalue weighted by Gasteiger charge is -2.18. The summed E-state index contributed by atoms with van der Waals surface area (Å²) < 4.78 is 5.58. The fourth-order valence-corrected chi connectivity index (χ4v) is 2.58. The summed E-state index contributed by atoms with van der Waals surface area (Å²) in [6.07, 6.45) is -0.498. The molecule has 0 heterocycles. The van der Waals surface area contributed by atoms with Crippen LogP contribution in [0, 0.1) is 6.92 Å². The predicted molar refractivity (Wildman–Crippen MR) is 109 cm³/mol. The first-order valence-electron chi connectivity index (χ1n) is 9.15. The van der Waals surface area contributed by atoms with Gasteiger partial charge in [-0.15, -0.1) is 0 Å². The van der Waals surface area contributed by atoms with Crippen molar-refractivity contribution < 1.29 is 24.2 Å². The van der Waals surface area contributed by atoms with Crippen LogP contribution < -0.4 is 16.0 Å². The normalized spacial score (nSPS) is 11.4. The number of aryl methyl sites for hydroxylation is 1. The standard InChI is InChI=1S/C21H25N3O5/c1-14-6-8-16(9-7-14)19(29-11-10-25)13-22-20(27)21(28)24-18-5-3-4-17(12-18)23-15(2)26/h3-9,12,19,25H,10-11,13H2,1-2H3,(H,22,27)(H,23,26)(H,24,28). The minimum Gasteiger partial charge on any atom is -0.394 e. The van der Waals surface area contributed by atoms with Crippen LogP contribution in [0.15, 0.2) is 48.5 Å². The van der Waals surface area contributed by atoms with Crippen LogP contribution in [0.4, 0.5) is 11.4 Å². The van der Waals surface area contributed by atoms with Gasteiger partial charge in [0.25, 0.3) is 0 Å². The summed E-state index contributed by atoms with van der Waals surface area (Å²) >= 11 is 0. The minimum atomic E-state index is -0.838. The van der Waals surface area contributed by atoms with E-state index in [-0.39, 0.29) is 25.7 Å². The molecule has 154 valence electrons. The van der Waals surface area contributed by atoms with E-state index in [2.05, 4.69) is 16.0 Å². The third-order valence-corrected chi connectivity index (χ3v) is 3.95. The Morgan fingerprint density at radius 3 is 2.28 bits per heavy atom. The van der Waals surface area contributed by atoms with Crippen LogP contribution in [0.3, 0.4) is 0 Å².